The van der Waals surface area contributed by atoms with Gasteiger partial charge in [0.1, 0.15) is 15.8 Å². The molecule has 1 aliphatic heterocycles. The third-order valence-electron chi connectivity index (χ3n) is 6.28. The van der Waals surface area contributed by atoms with Crippen molar-refractivity contribution in [1.82, 2.24) is 9.78 Å². The van der Waals surface area contributed by atoms with Crippen LogP contribution in [0.15, 0.2) is 17.5 Å². The van der Waals surface area contributed by atoms with Crippen LogP contribution in [0.4, 0.5) is 24.0 Å². The van der Waals surface area contributed by atoms with Gasteiger partial charge in [0.25, 0.3) is 5.91 Å². The minimum atomic E-state index is -4.60. The van der Waals surface area contributed by atoms with Gasteiger partial charge in [-0.25, -0.2) is 9.48 Å². The molecule has 0 fully saturated rings. The van der Waals surface area contributed by atoms with E-state index in [-0.39, 0.29) is 29.6 Å². The van der Waals surface area contributed by atoms with E-state index in [2.05, 4.69) is 15.7 Å². The molecule has 1 amide bonds. The number of carbonyl (C=O) groups is 2. The van der Waals surface area contributed by atoms with Crippen LogP contribution >= 0.6 is 34.3 Å². The largest absolute Gasteiger partial charge is 0.462 e. The second kappa shape index (κ2) is 9.71. The predicted molar refractivity (Wildman–Crippen MR) is 132 cm³/mol. The maximum atomic E-state index is 14.0. The molecule has 0 spiro atoms. The summed E-state index contributed by atoms with van der Waals surface area (Å²) in [4.78, 5) is 27.7. The van der Waals surface area contributed by atoms with Crippen molar-refractivity contribution in [2.45, 2.75) is 57.3 Å². The Bertz CT molecular complexity index is 1300. The number of fused-ring (bicyclic) bond motifs is 2. The van der Waals surface area contributed by atoms with Crippen molar-refractivity contribution in [3.8, 4) is 0 Å². The fourth-order valence-corrected chi connectivity index (χ4v) is 6.97. The Labute approximate surface area is 217 Å². The van der Waals surface area contributed by atoms with E-state index < -0.39 is 30.1 Å². The van der Waals surface area contributed by atoms with Gasteiger partial charge in [0.05, 0.1) is 18.2 Å². The Morgan fingerprint density at radius 1 is 1.33 bits per heavy atom. The number of amides is 1. The van der Waals surface area contributed by atoms with Crippen molar-refractivity contribution in [3.05, 3.63) is 49.1 Å². The predicted octanol–water partition coefficient (Wildman–Crippen LogP) is 6.63. The summed E-state index contributed by atoms with van der Waals surface area (Å²) >= 11 is 9.05. The van der Waals surface area contributed by atoms with E-state index in [1.807, 2.05) is 0 Å². The van der Waals surface area contributed by atoms with Crippen molar-refractivity contribution in [2.24, 2.45) is 0 Å². The molecule has 3 aromatic heterocycles. The van der Waals surface area contributed by atoms with E-state index in [1.165, 1.54) is 22.7 Å². The smallest absolute Gasteiger partial charge is 0.410 e. The number of esters is 1. The molecule has 36 heavy (non-hydrogen) atoms. The summed E-state index contributed by atoms with van der Waals surface area (Å²) in [6.07, 6.45) is -1.53. The summed E-state index contributed by atoms with van der Waals surface area (Å²) in [6, 6.07) is 0.926. The van der Waals surface area contributed by atoms with Gasteiger partial charge in [0.15, 0.2) is 11.7 Å². The van der Waals surface area contributed by atoms with Crippen LogP contribution in [0.25, 0.3) is 0 Å². The zero-order valence-corrected chi connectivity index (χ0v) is 21.5. The average Bonchev–Trinajstić information content (AvgIpc) is 3.55. The number of alkyl halides is 3. The van der Waals surface area contributed by atoms with E-state index in [0.717, 1.165) is 39.3 Å². The molecule has 0 bridgehead atoms. The lowest BCUT2D eigenvalue weighted by atomic mass is 9.95. The highest BCUT2D eigenvalue weighted by Gasteiger charge is 2.48. The highest BCUT2D eigenvalue weighted by atomic mass is 35.5. The minimum absolute atomic E-state index is 0.0649. The van der Waals surface area contributed by atoms with E-state index in [0.29, 0.717) is 17.0 Å². The normalized spacial score (nSPS) is 19.2. The fraction of sp³-hybridized carbons (Fsp3) is 0.435. The second-order valence-electron chi connectivity index (χ2n) is 8.55. The molecule has 0 saturated heterocycles. The lowest BCUT2D eigenvalue weighted by molar-refractivity contribution is -0.173. The second-order valence-corrected chi connectivity index (χ2v) is 11.0. The average molecular weight is 559 g/mol. The first-order valence-electron chi connectivity index (χ1n) is 11.5. The number of hydrogen-bond acceptors (Lipinski definition) is 7. The van der Waals surface area contributed by atoms with Crippen LogP contribution in [0.5, 0.6) is 0 Å². The summed E-state index contributed by atoms with van der Waals surface area (Å²) in [7, 11) is 0. The SMILES string of the molecule is CCOC(=O)c1c(NC(=O)c2nn3c(c2Cl)NC(c2cccs2)CC3C(F)(F)F)sc2c1CCCC2. The van der Waals surface area contributed by atoms with Gasteiger partial charge in [-0.2, -0.15) is 18.3 Å². The zero-order valence-electron chi connectivity index (χ0n) is 19.1. The zero-order chi connectivity index (χ0) is 25.6. The van der Waals surface area contributed by atoms with Gasteiger partial charge in [-0.05, 0) is 49.6 Å². The Morgan fingerprint density at radius 2 is 2.11 bits per heavy atom. The number of ether oxygens (including phenoxy) is 1. The van der Waals surface area contributed by atoms with E-state index in [1.54, 1.807) is 24.4 Å². The molecule has 2 atom stereocenters. The number of rotatable bonds is 5. The van der Waals surface area contributed by atoms with Gasteiger partial charge in [-0.3, -0.25) is 4.79 Å². The van der Waals surface area contributed by atoms with Crippen LogP contribution < -0.4 is 10.6 Å². The van der Waals surface area contributed by atoms with Crippen molar-refractivity contribution in [1.29, 1.82) is 0 Å². The first-order valence-corrected chi connectivity index (χ1v) is 13.5. The number of aromatic nitrogens is 2. The number of anilines is 2. The summed E-state index contributed by atoms with van der Waals surface area (Å²) in [5.74, 6) is -1.40. The van der Waals surface area contributed by atoms with E-state index >= 15 is 0 Å². The molecule has 4 heterocycles. The van der Waals surface area contributed by atoms with Crippen molar-refractivity contribution < 1.29 is 27.5 Å². The molecule has 7 nitrogen and oxygen atoms in total. The Kier molecular flexibility index (Phi) is 6.77. The molecular formula is C23H22ClF3N4O3S2. The van der Waals surface area contributed by atoms with Crippen molar-refractivity contribution in [3.63, 3.8) is 0 Å². The number of hydrogen-bond donors (Lipinski definition) is 2. The molecule has 0 radical (unpaired) electrons. The molecule has 3 aromatic rings. The molecule has 2 unspecified atom stereocenters. The highest BCUT2D eigenvalue weighted by molar-refractivity contribution is 7.17. The quantitative estimate of drug-likeness (QED) is 0.343. The number of carbonyl (C=O) groups excluding carboxylic acids is 2. The molecule has 1 aliphatic carbocycles. The van der Waals surface area contributed by atoms with Crippen LogP contribution in [0.2, 0.25) is 5.02 Å². The molecule has 13 heteroatoms. The van der Waals surface area contributed by atoms with Gasteiger partial charge in [-0.1, -0.05) is 17.7 Å². The minimum Gasteiger partial charge on any atom is -0.462 e. The number of halogens is 4. The van der Waals surface area contributed by atoms with Crippen molar-refractivity contribution in [2.75, 3.05) is 17.2 Å². The molecular weight excluding hydrogens is 537 g/mol. The van der Waals surface area contributed by atoms with Crippen LogP contribution in [-0.2, 0) is 17.6 Å². The van der Waals surface area contributed by atoms with Gasteiger partial charge < -0.3 is 15.4 Å². The molecule has 5 rings (SSSR count). The van der Waals surface area contributed by atoms with E-state index in [4.69, 9.17) is 16.3 Å². The number of aryl methyl sites for hydroxylation is 1. The fourth-order valence-electron chi connectivity index (χ4n) is 4.65. The van der Waals surface area contributed by atoms with Crippen LogP contribution in [0.1, 0.15) is 74.4 Å². The first kappa shape index (κ1) is 25.1. The number of nitrogens with one attached hydrogen (secondary N) is 2. The van der Waals surface area contributed by atoms with Crippen LogP contribution in [-0.4, -0.2) is 34.4 Å². The van der Waals surface area contributed by atoms with Gasteiger partial charge in [0.2, 0.25) is 0 Å². The molecule has 0 aromatic carbocycles. The Balaban J connectivity index is 1.50. The lowest BCUT2D eigenvalue weighted by Crippen LogP contribution is -2.35. The Morgan fingerprint density at radius 3 is 2.81 bits per heavy atom. The number of nitrogens with zero attached hydrogens (tertiary/aromatic N) is 2. The maximum Gasteiger partial charge on any atom is 0.410 e. The third-order valence-corrected chi connectivity index (χ3v) is 8.83. The third kappa shape index (κ3) is 4.50. The summed E-state index contributed by atoms with van der Waals surface area (Å²) in [6.45, 7) is 1.87. The molecule has 192 valence electrons. The van der Waals surface area contributed by atoms with Gasteiger partial charge in [-0.15, -0.1) is 22.7 Å². The summed E-state index contributed by atoms with van der Waals surface area (Å²) in [5, 5.41) is 11.6. The molecule has 2 aliphatic rings. The molecule has 2 N–H and O–H groups in total. The summed E-state index contributed by atoms with van der Waals surface area (Å²) in [5.41, 5.74) is 0.809. The monoisotopic (exact) mass is 558 g/mol. The first-order chi connectivity index (χ1) is 17.2. The highest BCUT2D eigenvalue weighted by Crippen LogP contribution is 2.47. The van der Waals surface area contributed by atoms with Crippen LogP contribution in [0, 0.1) is 0 Å². The number of thiophene rings is 2. The summed E-state index contributed by atoms with van der Waals surface area (Å²) < 4.78 is 47.9. The van der Waals surface area contributed by atoms with Gasteiger partial charge >= 0.3 is 12.1 Å². The lowest BCUT2D eigenvalue weighted by Gasteiger charge is -2.32. The van der Waals surface area contributed by atoms with Crippen molar-refractivity contribution >= 4 is 57.0 Å². The van der Waals surface area contributed by atoms with E-state index in [9.17, 15) is 22.8 Å². The molecule has 0 saturated carbocycles. The topological polar surface area (TPSA) is 85.2 Å². The standard InChI is InChI=1S/C23H22ClF3N4O3S2/c1-2-34-22(33)16-11-6-3-4-7-13(11)36-21(16)29-20(32)18-17(24)19-28-12(14-8-5-9-35-14)10-15(23(25,26)27)31(19)30-18/h5,8-9,12,15,28H,2-4,6-7,10H2,1H3,(H,29,32). The van der Waals surface area contributed by atoms with Crippen LogP contribution in [0.3, 0.4) is 0 Å². The maximum absolute atomic E-state index is 14.0. The van der Waals surface area contributed by atoms with Gasteiger partial charge in [0, 0.05) is 16.2 Å². The Hall–Kier alpha value is -2.57.